The van der Waals surface area contributed by atoms with Crippen molar-refractivity contribution in [2.24, 2.45) is 4.99 Å². The van der Waals surface area contributed by atoms with Crippen molar-refractivity contribution in [3.63, 3.8) is 0 Å². The van der Waals surface area contributed by atoms with E-state index in [1.54, 1.807) is 14.2 Å². The van der Waals surface area contributed by atoms with Gasteiger partial charge in [0.2, 0.25) is 0 Å². The third-order valence-electron chi connectivity index (χ3n) is 5.01. The summed E-state index contributed by atoms with van der Waals surface area (Å²) in [5, 5.41) is 14.0. The first-order chi connectivity index (χ1) is 13.7. The van der Waals surface area contributed by atoms with E-state index in [0.29, 0.717) is 6.61 Å². The van der Waals surface area contributed by atoms with Crippen LogP contribution in [0.3, 0.4) is 0 Å². The van der Waals surface area contributed by atoms with Gasteiger partial charge in [0, 0.05) is 33.2 Å². The molecule has 8 heteroatoms. The lowest BCUT2D eigenvalue weighted by Gasteiger charge is -2.25. The largest absolute Gasteiger partial charge is 0.377 e. The zero-order valence-corrected chi connectivity index (χ0v) is 19.1. The van der Waals surface area contributed by atoms with E-state index in [2.05, 4.69) is 68.2 Å². The van der Waals surface area contributed by atoms with Crippen LogP contribution >= 0.6 is 24.0 Å². The molecule has 2 heterocycles. The van der Waals surface area contributed by atoms with Crippen molar-refractivity contribution in [1.82, 2.24) is 25.4 Å². The van der Waals surface area contributed by atoms with Gasteiger partial charge in [-0.15, -0.1) is 24.0 Å². The third kappa shape index (κ3) is 5.24. The molecule has 1 aliphatic heterocycles. The zero-order chi connectivity index (χ0) is 19.3. The van der Waals surface area contributed by atoms with Gasteiger partial charge in [0.1, 0.15) is 12.4 Å². The number of methoxy groups -OCH3 is 1. The molecule has 0 saturated heterocycles. The second kappa shape index (κ2) is 10.0. The number of benzene rings is 2. The Balaban J connectivity index is 0.00000240. The van der Waals surface area contributed by atoms with Crippen molar-refractivity contribution in [2.45, 2.75) is 38.6 Å². The summed E-state index contributed by atoms with van der Waals surface area (Å²) < 4.78 is 7.11. The minimum Gasteiger partial charge on any atom is -0.377 e. The summed E-state index contributed by atoms with van der Waals surface area (Å²) in [5.41, 5.74) is 1.23. The molecule has 1 aliphatic rings. The Hall–Kier alpha value is -2.20. The molecule has 0 spiro atoms. The van der Waals surface area contributed by atoms with Gasteiger partial charge >= 0.3 is 0 Å². The van der Waals surface area contributed by atoms with Gasteiger partial charge in [0.15, 0.2) is 11.8 Å². The number of fused-ring (bicyclic) bond motifs is 2. The van der Waals surface area contributed by atoms with Crippen molar-refractivity contribution in [2.75, 3.05) is 14.2 Å². The number of nitrogens with zero attached hydrogens (tertiary/aromatic N) is 4. The number of aryl methyl sites for hydroxylation is 1. The summed E-state index contributed by atoms with van der Waals surface area (Å²) >= 11 is 0. The van der Waals surface area contributed by atoms with Crippen LogP contribution in [0.25, 0.3) is 10.8 Å². The average Bonchev–Trinajstić information content (AvgIpc) is 3.13. The fourth-order valence-electron chi connectivity index (χ4n) is 3.59. The van der Waals surface area contributed by atoms with E-state index in [1.165, 1.54) is 16.3 Å². The molecule has 0 radical (unpaired) electrons. The standard InChI is InChI=1S/C21H26N6O.HI/c1-22-21(23-12-15-7-8-16-5-3-4-6-17(16)11-15)24-18-9-10-20-25-19(14-28-2)26-27(20)13-18;/h3-8,11,18H,9-10,12-14H2,1-2H3,(H2,22,23,24);1H. The highest BCUT2D eigenvalue weighted by atomic mass is 127. The minimum absolute atomic E-state index is 0. The molecule has 1 atom stereocenters. The van der Waals surface area contributed by atoms with Crippen LogP contribution in [0.2, 0.25) is 0 Å². The van der Waals surface area contributed by atoms with E-state index in [-0.39, 0.29) is 30.0 Å². The molecule has 1 unspecified atom stereocenters. The Morgan fingerprint density at radius 2 is 2.07 bits per heavy atom. The summed E-state index contributed by atoms with van der Waals surface area (Å²) in [4.78, 5) is 8.91. The second-order valence-electron chi connectivity index (χ2n) is 7.05. The van der Waals surface area contributed by atoms with Gasteiger partial charge in [-0.3, -0.25) is 4.99 Å². The predicted octanol–water partition coefficient (Wildman–Crippen LogP) is 2.88. The first-order valence-corrected chi connectivity index (χ1v) is 9.61. The first-order valence-electron chi connectivity index (χ1n) is 9.61. The molecule has 2 N–H and O–H groups in total. The Labute approximate surface area is 188 Å². The number of hydrogen-bond acceptors (Lipinski definition) is 4. The van der Waals surface area contributed by atoms with Crippen LogP contribution in [-0.2, 0) is 30.9 Å². The van der Waals surface area contributed by atoms with Crippen LogP contribution in [0.15, 0.2) is 47.5 Å². The number of nitrogens with one attached hydrogen (secondary N) is 2. The van der Waals surface area contributed by atoms with Crippen LogP contribution in [0.4, 0.5) is 0 Å². The molecular weight excluding hydrogens is 479 g/mol. The van der Waals surface area contributed by atoms with E-state index in [9.17, 15) is 0 Å². The SMILES string of the molecule is CN=C(NCc1ccc2ccccc2c1)NC1CCc2nc(COC)nn2C1.I. The fraction of sp³-hybridized carbons (Fsp3) is 0.381. The van der Waals surface area contributed by atoms with Crippen LogP contribution in [-0.4, -0.2) is 40.9 Å². The Kier molecular flexibility index (Phi) is 7.43. The number of rotatable bonds is 5. The maximum absolute atomic E-state index is 5.13. The van der Waals surface area contributed by atoms with Crippen LogP contribution in [0.1, 0.15) is 23.6 Å². The number of halogens is 1. The summed E-state index contributed by atoms with van der Waals surface area (Å²) in [6.45, 7) is 1.96. The maximum atomic E-state index is 5.13. The van der Waals surface area contributed by atoms with Gasteiger partial charge in [-0.05, 0) is 28.8 Å². The van der Waals surface area contributed by atoms with Crippen molar-refractivity contribution in [3.8, 4) is 0 Å². The topological polar surface area (TPSA) is 76.4 Å². The molecule has 0 fully saturated rings. The fourth-order valence-corrected chi connectivity index (χ4v) is 3.59. The second-order valence-corrected chi connectivity index (χ2v) is 7.05. The number of guanidine groups is 1. The third-order valence-corrected chi connectivity index (χ3v) is 5.01. The molecule has 154 valence electrons. The van der Waals surface area contributed by atoms with Crippen molar-refractivity contribution in [1.29, 1.82) is 0 Å². The molecule has 29 heavy (non-hydrogen) atoms. The average molecular weight is 506 g/mol. The van der Waals surface area contributed by atoms with Gasteiger partial charge in [-0.2, -0.15) is 5.10 Å². The Morgan fingerprint density at radius 3 is 2.86 bits per heavy atom. The first kappa shape index (κ1) is 21.5. The highest BCUT2D eigenvalue weighted by Gasteiger charge is 2.22. The summed E-state index contributed by atoms with van der Waals surface area (Å²) in [6, 6.07) is 15.2. The van der Waals surface area contributed by atoms with Crippen molar-refractivity contribution in [3.05, 3.63) is 59.7 Å². The molecule has 0 saturated carbocycles. The van der Waals surface area contributed by atoms with Crippen molar-refractivity contribution < 1.29 is 4.74 Å². The molecule has 2 aromatic carbocycles. The number of ether oxygens (including phenoxy) is 1. The van der Waals surface area contributed by atoms with Gasteiger partial charge in [-0.25, -0.2) is 9.67 Å². The molecule has 0 amide bonds. The maximum Gasteiger partial charge on any atom is 0.191 e. The lowest BCUT2D eigenvalue weighted by Crippen LogP contribution is -2.46. The highest BCUT2D eigenvalue weighted by molar-refractivity contribution is 14.0. The highest BCUT2D eigenvalue weighted by Crippen LogP contribution is 2.16. The van der Waals surface area contributed by atoms with Gasteiger partial charge in [0.05, 0.1) is 6.54 Å². The molecular formula is C21H27IN6O. The zero-order valence-electron chi connectivity index (χ0n) is 16.8. The van der Waals surface area contributed by atoms with E-state index < -0.39 is 0 Å². The minimum atomic E-state index is 0. The van der Waals surface area contributed by atoms with Crippen LogP contribution in [0, 0.1) is 0 Å². The van der Waals surface area contributed by atoms with Gasteiger partial charge in [-0.1, -0.05) is 36.4 Å². The van der Waals surface area contributed by atoms with Gasteiger partial charge < -0.3 is 15.4 Å². The number of aliphatic imine (C=N–C) groups is 1. The Bertz CT molecular complexity index is 986. The van der Waals surface area contributed by atoms with E-state index in [0.717, 1.165) is 43.5 Å². The smallest absolute Gasteiger partial charge is 0.191 e. The molecule has 0 bridgehead atoms. The molecule has 4 rings (SSSR count). The van der Waals surface area contributed by atoms with Crippen LogP contribution in [0.5, 0.6) is 0 Å². The quantitative estimate of drug-likeness (QED) is 0.316. The van der Waals surface area contributed by atoms with Gasteiger partial charge in [0.25, 0.3) is 0 Å². The summed E-state index contributed by atoms with van der Waals surface area (Å²) in [5.74, 6) is 2.58. The molecule has 7 nitrogen and oxygen atoms in total. The summed E-state index contributed by atoms with van der Waals surface area (Å²) in [7, 11) is 3.46. The van der Waals surface area contributed by atoms with Crippen molar-refractivity contribution >= 4 is 40.7 Å². The van der Waals surface area contributed by atoms with Crippen LogP contribution < -0.4 is 10.6 Å². The lowest BCUT2D eigenvalue weighted by atomic mass is 10.1. The lowest BCUT2D eigenvalue weighted by molar-refractivity contribution is 0.177. The summed E-state index contributed by atoms with van der Waals surface area (Å²) in [6.07, 6.45) is 1.90. The monoisotopic (exact) mass is 506 g/mol. The number of hydrogen-bond donors (Lipinski definition) is 2. The number of aromatic nitrogens is 3. The molecule has 1 aromatic heterocycles. The Morgan fingerprint density at radius 1 is 1.24 bits per heavy atom. The van der Waals surface area contributed by atoms with E-state index in [4.69, 9.17) is 4.74 Å². The molecule has 0 aliphatic carbocycles. The van der Waals surface area contributed by atoms with E-state index in [1.807, 2.05) is 4.68 Å². The van der Waals surface area contributed by atoms with E-state index >= 15 is 0 Å². The normalized spacial score (nSPS) is 16.2. The predicted molar refractivity (Wildman–Crippen MR) is 126 cm³/mol. The molecule has 3 aromatic rings.